The van der Waals surface area contributed by atoms with Crippen LogP contribution in [-0.2, 0) is 15.8 Å². The predicted octanol–water partition coefficient (Wildman–Crippen LogP) is 10.00. The Morgan fingerprint density at radius 3 is 0.500 bits per heavy atom. The van der Waals surface area contributed by atoms with E-state index in [1.54, 1.807) is 0 Å². The van der Waals surface area contributed by atoms with Gasteiger partial charge in [0.25, 0.3) is 0 Å². The van der Waals surface area contributed by atoms with Crippen molar-refractivity contribution in [2.75, 3.05) is 0 Å². The normalized spacial score (nSPS) is 17.1. The molecule has 0 heterocycles. The molecule has 0 aliphatic heterocycles. The van der Waals surface area contributed by atoms with Crippen LogP contribution in [0.5, 0.6) is 0 Å². The molecule has 0 aromatic heterocycles. The van der Waals surface area contributed by atoms with E-state index in [9.17, 15) is 0 Å². The van der Waals surface area contributed by atoms with Gasteiger partial charge in [-0.25, -0.2) is 0 Å². The molecule has 0 saturated carbocycles. The third-order valence-corrected chi connectivity index (χ3v) is 37.7. The van der Waals surface area contributed by atoms with Crippen molar-refractivity contribution in [1.82, 2.24) is 0 Å². The maximum absolute atomic E-state index is 3.28. The van der Waals surface area contributed by atoms with Gasteiger partial charge in [-0.05, 0) is 0 Å². The van der Waals surface area contributed by atoms with E-state index in [0.717, 1.165) is 0 Å². The van der Waals surface area contributed by atoms with Crippen molar-refractivity contribution in [1.29, 1.82) is 0 Å². The maximum atomic E-state index is 2.51. The van der Waals surface area contributed by atoms with Gasteiger partial charge in [-0.3, -0.25) is 0 Å². The molecule has 0 aromatic carbocycles. The minimum atomic E-state index is -3.28. The topological polar surface area (TPSA) is 0 Å². The molecule has 0 aliphatic carbocycles. The molecule has 1 heteroatoms. The van der Waals surface area contributed by atoms with Gasteiger partial charge in [0.15, 0.2) is 0 Å². The molecule has 0 bridgehead atoms. The summed E-state index contributed by atoms with van der Waals surface area (Å²) in [5.41, 5.74) is 2.08. The fraction of sp³-hybridized carbons (Fsp3) is 1.00. The van der Waals surface area contributed by atoms with Crippen LogP contribution in [0.2, 0.25) is 23.2 Å². The Balaban J connectivity index is 6.89. The summed E-state index contributed by atoms with van der Waals surface area (Å²) in [6.45, 7) is 37.7. The number of hydrogen-bond donors (Lipinski definition) is 0. The van der Waals surface area contributed by atoms with Crippen molar-refractivity contribution in [2.24, 2.45) is 27.1 Å². The van der Waals surface area contributed by atoms with E-state index in [2.05, 4.69) is 104 Å². The van der Waals surface area contributed by atoms with Gasteiger partial charge in [-0.2, -0.15) is 0 Å². The van der Waals surface area contributed by atoms with E-state index < -0.39 is 15.8 Å². The van der Waals surface area contributed by atoms with Crippen LogP contribution in [0.3, 0.4) is 0 Å². The van der Waals surface area contributed by atoms with Gasteiger partial charge in [-0.1, -0.05) is 0 Å². The van der Waals surface area contributed by atoms with Gasteiger partial charge < -0.3 is 0 Å². The van der Waals surface area contributed by atoms with Gasteiger partial charge in [0.05, 0.1) is 0 Å². The predicted molar refractivity (Wildman–Crippen MR) is 121 cm³/mol. The minimum absolute atomic E-state index is 0.417. The molecule has 0 saturated heterocycles. The van der Waals surface area contributed by atoms with Crippen molar-refractivity contribution in [3.63, 3.8) is 0 Å². The zero-order valence-corrected chi connectivity index (χ0v) is 24.7. The second kappa shape index (κ2) is 7.53. The van der Waals surface area contributed by atoms with E-state index in [4.69, 9.17) is 0 Å². The summed E-state index contributed by atoms with van der Waals surface area (Å²) < 4.78 is 7.58. The van der Waals surface area contributed by atoms with Gasteiger partial charge in [0.1, 0.15) is 0 Å². The Morgan fingerprint density at radius 2 is 0.423 bits per heavy atom. The molecule has 0 fully saturated rings. The summed E-state index contributed by atoms with van der Waals surface area (Å²) >= 11 is -3.28. The zero-order valence-electron chi connectivity index (χ0n) is 21.5. The summed E-state index contributed by atoms with van der Waals surface area (Å²) in [5.74, 6) is 0. The fourth-order valence-corrected chi connectivity index (χ4v) is 59.5. The molecule has 26 heavy (non-hydrogen) atoms. The Bertz CT molecular complexity index is 338. The summed E-state index contributed by atoms with van der Waals surface area (Å²) in [5, 5.41) is 0. The second-order valence-electron chi connectivity index (χ2n) is 15.8. The van der Waals surface area contributed by atoms with Gasteiger partial charge >= 0.3 is 170 Å². The monoisotopic (exact) mass is 536 g/mol. The van der Waals surface area contributed by atoms with Gasteiger partial charge in [0.2, 0.25) is 0 Å². The van der Waals surface area contributed by atoms with Crippen LogP contribution < -0.4 is 0 Å². The van der Waals surface area contributed by atoms with E-state index in [0.29, 0.717) is 27.1 Å². The molecule has 0 N–H and O–H groups in total. The fourth-order valence-electron chi connectivity index (χ4n) is 7.27. The third kappa shape index (κ3) is 10.9. The molecular weight excluding hydrogens is 481 g/mol. The van der Waals surface area contributed by atoms with E-state index in [1.807, 2.05) is 0 Å². The molecule has 0 unspecified atom stereocenters. The second-order valence-corrected chi connectivity index (χ2v) is 37.6. The Kier molecular flexibility index (Phi) is 7.74. The SMILES string of the molecule is CC(C)(C)[CH2][Ta]([CH2]C(C)(C)C)([CH2]C(C)(C)C)([CH2]C(C)(C)C)[CH2]C(C)(C)C. The zero-order chi connectivity index (χ0) is 21.5. The quantitative estimate of drug-likeness (QED) is 0.328. The average molecular weight is 537 g/mol. The van der Waals surface area contributed by atoms with Gasteiger partial charge in [0, 0.05) is 0 Å². The molecular formula is C25H55Ta. The molecule has 0 spiro atoms. The summed E-state index contributed by atoms with van der Waals surface area (Å²) in [6.07, 6.45) is 0. The van der Waals surface area contributed by atoms with Crippen molar-refractivity contribution in [3.8, 4) is 0 Å². The first-order valence-electron chi connectivity index (χ1n) is 10.8. The van der Waals surface area contributed by atoms with Crippen LogP contribution in [0.15, 0.2) is 0 Å². The number of rotatable bonds is 5. The average Bonchev–Trinajstić information content (AvgIpc) is 1.95. The molecule has 0 radical (unpaired) electrons. The molecule has 0 rings (SSSR count). The molecule has 0 aromatic rings. The van der Waals surface area contributed by atoms with Crippen molar-refractivity contribution >= 4 is 0 Å². The van der Waals surface area contributed by atoms with E-state index in [1.165, 1.54) is 23.2 Å². The van der Waals surface area contributed by atoms with Crippen LogP contribution in [0.25, 0.3) is 0 Å². The Morgan fingerprint density at radius 1 is 0.308 bits per heavy atom. The molecule has 0 nitrogen and oxygen atoms in total. The van der Waals surface area contributed by atoms with Crippen LogP contribution in [0, 0.1) is 27.1 Å². The standard InChI is InChI=1S/5C5H11.Ta/c5*1-5(2,3)4;/h5*1H2,2-4H3;. The van der Waals surface area contributed by atoms with Crippen molar-refractivity contribution in [2.45, 2.75) is 127 Å². The first-order chi connectivity index (χ1) is 10.8. The summed E-state index contributed by atoms with van der Waals surface area (Å²) in [7, 11) is 0. The summed E-state index contributed by atoms with van der Waals surface area (Å²) in [6, 6.07) is 0. The van der Waals surface area contributed by atoms with Crippen molar-refractivity contribution < 1.29 is 15.8 Å². The third-order valence-electron chi connectivity index (χ3n) is 4.61. The molecule has 0 aliphatic rings. The Labute approximate surface area is 169 Å². The first kappa shape index (κ1) is 26.7. The van der Waals surface area contributed by atoms with E-state index in [-0.39, 0.29) is 0 Å². The van der Waals surface area contributed by atoms with Crippen LogP contribution in [-0.4, -0.2) is 0 Å². The van der Waals surface area contributed by atoms with Gasteiger partial charge in [-0.15, -0.1) is 0 Å². The summed E-state index contributed by atoms with van der Waals surface area (Å²) in [4.78, 5) is 0. The Hall–Kier alpha value is 0.740. The number of hydrogen-bond acceptors (Lipinski definition) is 0. The van der Waals surface area contributed by atoms with Crippen LogP contribution in [0.1, 0.15) is 104 Å². The first-order valence-corrected chi connectivity index (χ1v) is 22.2. The van der Waals surface area contributed by atoms with Crippen LogP contribution in [0.4, 0.5) is 0 Å². The van der Waals surface area contributed by atoms with Crippen molar-refractivity contribution in [3.05, 3.63) is 0 Å². The molecule has 160 valence electrons. The van der Waals surface area contributed by atoms with E-state index >= 15 is 0 Å². The van der Waals surface area contributed by atoms with Crippen LogP contribution >= 0.6 is 0 Å². The molecule has 0 atom stereocenters. The molecule has 0 amide bonds.